The molecule has 0 fully saturated rings. The first-order valence-corrected chi connectivity index (χ1v) is 7.73. The second kappa shape index (κ2) is 6.12. The molecule has 2 aromatic rings. The Balaban J connectivity index is 1.89. The van der Waals surface area contributed by atoms with Gasteiger partial charge in [-0.2, -0.15) is 0 Å². The van der Waals surface area contributed by atoms with Gasteiger partial charge in [0.25, 0.3) is 0 Å². The Bertz CT molecular complexity index is 599. The third-order valence-corrected chi connectivity index (χ3v) is 3.96. The molecule has 0 unspecified atom stereocenters. The third kappa shape index (κ3) is 2.71. The first kappa shape index (κ1) is 13.9. The topological polar surface area (TPSA) is 41.1 Å². The summed E-state index contributed by atoms with van der Waals surface area (Å²) in [6.45, 7) is 7.16. The first-order chi connectivity index (χ1) is 10.3. The summed E-state index contributed by atoms with van der Waals surface area (Å²) in [4.78, 5) is 11.3. The highest BCUT2D eigenvalue weighted by atomic mass is 15.2. The smallest absolute Gasteiger partial charge is 0.137 e. The molecule has 1 aliphatic heterocycles. The second-order valence-electron chi connectivity index (χ2n) is 5.43. The van der Waals surface area contributed by atoms with Gasteiger partial charge in [-0.15, -0.1) is 0 Å². The third-order valence-electron chi connectivity index (χ3n) is 3.96. The molecule has 0 amide bonds. The molecule has 0 saturated heterocycles. The average Bonchev–Trinajstić information content (AvgIpc) is 2.96. The van der Waals surface area contributed by atoms with Crippen molar-refractivity contribution in [1.29, 1.82) is 0 Å². The van der Waals surface area contributed by atoms with Crippen molar-refractivity contribution in [1.82, 2.24) is 9.97 Å². The van der Waals surface area contributed by atoms with Gasteiger partial charge in [0.15, 0.2) is 0 Å². The van der Waals surface area contributed by atoms with Gasteiger partial charge in [0.2, 0.25) is 0 Å². The van der Waals surface area contributed by atoms with E-state index < -0.39 is 0 Å². The Kier molecular flexibility index (Phi) is 4.04. The Morgan fingerprint density at radius 1 is 1.10 bits per heavy atom. The van der Waals surface area contributed by atoms with Crippen LogP contribution in [0.15, 0.2) is 30.6 Å². The van der Waals surface area contributed by atoms with Crippen LogP contribution >= 0.6 is 0 Å². The highest BCUT2D eigenvalue weighted by Crippen LogP contribution is 2.31. The number of anilines is 2. The van der Waals surface area contributed by atoms with Crippen molar-refractivity contribution < 1.29 is 0 Å². The molecule has 0 radical (unpaired) electrons. The van der Waals surface area contributed by atoms with E-state index in [4.69, 9.17) is 0 Å². The van der Waals surface area contributed by atoms with Gasteiger partial charge in [-0.05, 0) is 24.0 Å². The van der Waals surface area contributed by atoms with Crippen LogP contribution < -0.4 is 10.2 Å². The molecule has 0 spiro atoms. The summed E-state index contributed by atoms with van der Waals surface area (Å²) in [5, 5.41) is 3.42. The van der Waals surface area contributed by atoms with Crippen molar-refractivity contribution in [2.75, 3.05) is 16.8 Å². The minimum atomic E-state index is 0.938. The highest BCUT2D eigenvalue weighted by Gasteiger charge is 2.22. The number of hydrogen-bond acceptors (Lipinski definition) is 4. The molecule has 0 aliphatic carbocycles. The van der Waals surface area contributed by atoms with Crippen LogP contribution in [0.5, 0.6) is 0 Å². The van der Waals surface area contributed by atoms with Gasteiger partial charge < -0.3 is 10.2 Å². The largest absolute Gasteiger partial charge is 0.370 e. The summed E-state index contributed by atoms with van der Waals surface area (Å²) in [5.74, 6) is 2.06. The lowest BCUT2D eigenvalue weighted by Gasteiger charge is -2.21. The van der Waals surface area contributed by atoms with Crippen LogP contribution in [0.4, 0.5) is 11.6 Å². The van der Waals surface area contributed by atoms with E-state index in [2.05, 4.69) is 58.3 Å². The molecule has 4 heteroatoms. The van der Waals surface area contributed by atoms with Crippen LogP contribution in [0.25, 0.3) is 0 Å². The molecular weight excluding hydrogens is 260 g/mol. The minimum Gasteiger partial charge on any atom is -0.370 e. The number of rotatable bonds is 5. The van der Waals surface area contributed by atoms with Gasteiger partial charge >= 0.3 is 0 Å². The Morgan fingerprint density at radius 3 is 2.43 bits per heavy atom. The number of aromatic nitrogens is 2. The standard InChI is InChI=1S/C17H22N4/c1-3-9-18-16-15(4-2)17(20-12-19-16)21-10-13-7-5-6-8-14(13)11-21/h5-8,12H,3-4,9-11H2,1-2H3,(H,18,19,20). The summed E-state index contributed by atoms with van der Waals surface area (Å²) in [6.07, 6.45) is 3.71. The quantitative estimate of drug-likeness (QED) is 0.912. The Labute approximate surface area is 126 Å². The van der Waals surface area contributed by atoms with Crippen molar-refractivity contribution in [2.45, 2.75) is 39.8 Å². The summed E-state index contributed by atoms with van der Waals surface area (Å²) in [5.41, 5.74) is 4.03. The van der Waals surface area contributed by atoms with E-state index in [0.717, 1.165) is 44.1 Å². The summed E-state index contributed by atoms with van der Waals surface area (Å²) in [6, 6.07) is 8.63. The van der Waals surface area contributed by atoms with Crippen molar-refractivity contribution in [3.8, 4) is 0 Å². The van der Waals surface area contributed by atoms with E-state index >= 15 is 0 Å². The zero-order valence-electron chi connectivity index (χ0n) is 12.8. The molecule has 1 N–H and O–H groups in total. The molecule has 1 aliphatic rings. The van der Waals surface area contributed by atoms with Crippen LogP contribution in [0.3, 0.4) is 0 Å². The van der Waals surface area contributed by atoms with Crippen molar-refractivity contribution in [3.05, 3.63) is 47.3 Å². The summed E-state index contributed by atoms with van der Waals surface area (Å²) < 4.78 is 0. The molecule has 21 heavy (non-hydrogen) atoms. The number of fused-ring (bicyclic) bond motifs is 1. The predicted octanol–water partition coefficient (Wildman–Crippen LogP) is 3.38. The lowest BCUT2D eigenvalue weighted by molar-refractivity contribution is 0.832. The van der Waals surface area contributed by atoms with Gasteiger partial charge in [-0.1, -0.05) is 38.1 Å². The maximum atomic E-state index is 4.56. The van der Waals surface area contributed by atoms with Crippen LogP contribution in [-0.4, -0.2) is 16.5 Å². The van der Waals surface area contributed by atoms with Gasteiger partial charge in [-0.25, -0.2) is 9.97 Å². The molecule has 110 valence electrons. The zero-order chi connectivity index (χ0) is 14.7. The second-order valence-corrected chi connectivity index (χ2v) is 5.43. The lowest BCUT2D eigenvalue weighted by atomic mass is 10.1. The number of benzene rings is 1. The molecule has 1 aromatic heterocycles. The number of hydrogen-bond donors (Lipinski definition) is 1. The fourth-order valence-electron chi connectivity index (χ4n) is 2.88. The van der Waals surface area contributed by atoms with E-state index in [-0.39, 0.29) is 0 Å². The van der Waals surface area contributed by atoms with Crippen LogP contribution in [-0.2, 0) is 19.5 Å². The summed E-state index contributed by atoms with van der Waals surface area (Å²) >= 11 is 0. The maximum Gasteiger partial charge on any atom is 0.137 e. The van der Waals surface area contributed by atoms with Crippen LogP contribution in [0, 0.1) is 0 Å². The molecule has 0 saturated carbocycles. The first-order valence-electron chi connectivity index (χ1n) is 7.73. The van der Waals surface area contributed by atoms with Crippen molar-refractivity contribution in [2.24, 2.45) is 0 Å². The maximum absolute atomic E-state index is 4.56. The van der Waals surface area contributed by atoms with Crippen LogP contribution in [0.1, 0.15) is 37.0 Å². The lowest BCUT2D eigenvalue weighted by Crippen LogP contribution is -2.19. The van der Waals surface area contributed by atoms with Gasteiger partial charge in [0.05, 0.1) is 0 Å². The monoisotopic (exact) mass is 282 g/mol. The zero-order valence-corrected chi connectivity index (χ0v) is 12.8. The van der Waals surface area contributed by atoms with Gasteiger partial charge in [0, 0.05) is 25.2 Å². The molecule has 3 rings (SSSR count). The van der Waals surface area contributed by atoms with E-state index in [0.29, 0.717) is 0 Å². The molecular formula is C17H22N4. The Hall–Kier alpha value is -2.10. The Morgan fingerprint density at radius 2 is 1.81 bits per heavy atom. The normalized spacial score (nSPS) is 13.3. The van der Waals surface area contributed by atoms with Gasteiger partial charge in [-0.3, -0.25) is 0 Å². The number of nitrogens with one attached hydrogen (secondary N) is 1. The molecule has 0 atom stereocenters. The minimum absolute atomic E-state index is 0.938. The average molecular weight is 282 g/mol. The van der Waals surface area contributed by atoms with Crippen molar-refractivity contribution >= 4 is 11.6 Å². The van der Waals surface area contributed by atoms with E-state index in [1.165, 1.54) is 16.7 Å². The van der Waals surface area contributed by atoms with E-state index in [1.54, 1.807) is 6.33 Å². The van der Waals surface area contributed by atoms with E-state index in [9.17, 15) is 0 Å². The fourth-order valence-corrected chi connectivity index (χ4v) is 2.88. The van der Waals surface area contributed by atoms with Gasteiger partial charge in [0.1, 0.15) is 18.0 Å². The van der Waals surface area contributed by atoms with Crippen LogP contribution in [0.2, 0.25) is 0 Å². The molecule has 1 aromatic carbocycles. The highest BCUT2D eigenvalue weighted by molar-refractivity contribution is 5.60. The van der Waals surface area contributed by atoms with Crippen molar-refractivity contribution in [3.63, 3.8) is 0 Å². The molecule has 0 bridgehead atoms. The predicted molar refractivity (Wildman–Crippen MR) is 86.5 cm³/mol. The molecule has 2 heterocycles. The SMILES string of the molecule is CCCNc1ncnc(N2Cc3ccccc3C2)c1CC. The number of nitrogens with zero attached hydrogens (tertiary/aromatic N) is 3. The van der Waals surface area contributed by atoms with E-state index in [1.807, 2.05) is 0 Å². The fraction of sp³-hybridized carbons (Fsp3) is 0.412. The molecule has 4 nitrogen and oxygen atoms in total. The summed E-state index contributed by atoms with van der Waals surface area (Å²) in [7, 11) is 0.